The number of hydrogen-bond acceptors (Lipinski definition) is 7. The molecule has 2 rings (SSSR count). The number of nitrogens with zero attached hydrogens (tertiary/aromatic N) is 2. The van der Waals surface area contributed by atoms with Gasteiger partial charge < -0.3 is 14.2 Å². The Labute approximate surface area is 146 Å². The molecule has 8 heteroatoms. The Morgan fingerprint density at radius 2 is 2.00 bits per heavy atom. The van der Waals surface area contributed by atoms with Crippen molar-refractivity contribution in [2.75, 3.05) is 39.5 Å². The molecule has 0 spiro atoms. The van der Waals surface area contributed by atoms with Crippen molar-refractivity contribution in [2.24, 2.45) is 0 Å². The summed E-state index contributed by atoms with van der Waals surface area (Å²) in [6, 6.07) is 4.11. The summed E-state index contributed by atoms with van der Waals surface area (Å²) in [6.07, 6.45) is 0. The van der Waals surface area contributed by atoms with E-state index in [1.807, 2.05) is 0 Å². The van der Waals surface area contributed by atoms with Gasteiger partial charge in [0.25, 0.3) is 0 Å². The molecule has 1 saturated heterocycles. The zero-order chi connectivity index (χ0) is 18.4. The van der Waals surface area contributed by atoms with Crippen molar-refractivity contribution < 1.29 is 23.9 Å². The molecule has 138 valence electrons. The molecule has 0 saturated carbocycles. The molecule has 0 atom stereocenters. The summed E-state index contributed by atoms with van der Waals surface area (Å²) in [5, 5.41) is 11.3. The average molecular weight is 352 g/mol. The summed E-state index contributed by atoms with van der Waals surface area (Å²) in [4.78, 5) is 25.0. The van der Waals surface area contributed by atoms with Crippen LogP contribution in [0, 0.1) is 10.1 Å². The Bertz CT molecular complexity index is 620. The van der Waals surface area contributed by atoms with Crippen LogP contribution in [0.15, 0.2) is 18.2 Å². The van der Waals surface area contributed by atoms with E-state index in [9.17, 15) is 14.9 Å². The zero-order valence-electron chi connectivity index (χ0n) is 14.8. The molecule has 1 aromatic carbocycles. The second-order valence-electron chi connectivity index (χ2n) is 6.74. The van der Waals surface area contributed by atoms with Crippen LogP contribution in [-0.2, 0) is 9.47 Å². The summed E-state index contributed by atoms with van der Waals surface area (Å²) in [5.41, 5.74) is -0.786. The third-order valence-electron chi connectivity index (χ3n) is 3.56. The number of benzene rings is 1. The molecular formula is C17H24N2O6. The highest BCUT2D eigenvalue weighted by Gasteiger charge is 2.23. The number of rotatable bonds is 6. The van der Waals surface area contributed by atoms with Crippen LogP contribution in [0.4, 0.5) is 5.69 Å². The number of nitro benzene ring substituents is 1. The highest BCUT2D eigenvalue weighted by atomic mass is 16.6. The highest BCUT2D eigenvalue weighted by molar-refractivity contribution is 5.90. The molecule has 0 N–H and O–H groups in total. The van der Waals surface area contributed by atoms with Gasteiger partial charge in [-0.15, -0.1) is 0 Å². The second-order valence-corrected chi connectivity index (χ2v) is 6.74. The van der Waals surface area contributed by atoms with E-state index in [-0.39, 0.29) is 17.0 Å². The largest absolute Gasteiger partial charge is 0.485 e. The molecule has 1 aliphatic heterocycles. The lowest BCUT2D eigenvalue weighted by Crippen LogP contribution is -2.38. The van der Waals surface area contributed by atoms with Gasteiger partial charge in [0.05, 0.1) is 23.7 Å². The Balaban J connectivity index is 2.02. The van der Waals surface area contributed by atoms with Crippen molar-refractivity contribution in [2.45, 2.75) is 26.4 Å². The fraction of sp³-hybridized carbons (Fsp3) is 0.588. The average Bonchev–Trinajstić information content (AvgIpc) is 2.54. The Morgan fingerprint density at radius 3 is 2.60 bits per heavy atom. The Kier molecular flexibility index (Phi) is 6.33. The van der Waals surface area contributed by atoms with Gasteiger partial charge in [-0.2, -0.15) is 0 Å². The lowest BCUT2D eigenvalue weighted by atomic mass is 10.1. The van der Waals surface area contributed by atoms with Gasteiger partial charge in [-0.05, 0) is 32.9 Å². The smallest absolute Gasteiger partial charge is 0.338 e. The molecule has 1 aliphatic rings. The molecule has 0 amide bonds. The third-order valence-corrected chi connectivity index (χ3v) is 3.56. The van der Waals surface area contributed by atoms with Gasteiger partial charge in [0.15, 0.2) is 5.75 Å². The predicted octanol–water partition coefficient (Wildman–Crippen LogP) is 2.26. The minimum absolute atomic E-state index is 0.127. The number of esters is 1. The molecule has 8 nitrogen and oxygen atoms in total. The van der Waals surface area contributed by atoms with Gasteiger partial charge in [0.2, 0.25) is 0 Å². The first-order valence-corrected chi connectivity index (χ1v) is 8.21. The minimum atomic E-state index is -0.667. The van der Waals surface area contributed by atoms with Crippen LogP contribution in [0.3, 0.4) is 0 Å². The molecule has 25 heavy (non-hydrogen) atoms. The van der Waals surface area contributed by atoms with Gasteiger partial charge in [-0.25, -0.2) is 4.79 Å². The second kappa shape index (κ2) is 8.26. The number of morpholine rings is 1. The van der Waals surface area contributed by atoms with Gasteiger partial charge in [0.1, 0.15) is 12.2 Å². The first-order chi connectivity index (χ1) is 11.8. The standard InChI is InChI=1S/C17H24N2O6/c1-17(2,3)25-16(20)13-4-5-15(14(12-13)19(21)22)24-11-8-18-6-9-23-10-7-18/h4-5,12H,6-11H2,1-3H3. The Hall–Kier alpha value is -2.19. The maximum absolute atomic E-state index is 12.1. The summed E-state index contributed by atoms with van der Waals surface area (Å²) >= 11 is 0. The number of carbonyl (C=O) groups is 1. The van der Waals surface area contributed by atoms with Crippen LogP contribution in [0.1, 0.15) is 31.1 Å². The summed E-state index contributed by atoms with van der Waals surface area (Å²) in [7, 11) is 0. The lowest BCUT2D eigenvalue weighted by Gasteiger charge is -2.26. The predicted molar refractivity (Wildman–Crippen MR) is 91.0 cm³/mol. The van der Waals surface area contributed by atoms with Gasteiger partial charge in [0, 0.05) is 25.7 Å². The van der Waals surface area contributed by atoms with Crippen LogP contribution < -0.4 is 4.74 Å². The van der Waals surface area contributed by atoms with Crippen molar-refractivity contribution in [3.05, 3.63) is 33.9 Å². The Morgan fingerprint density at radius 1 is 1.32 bits per heavy atom. The quantitative estimate of drug-likeness (QED) is 0.440. The van der Waals surface area contributed by atoms with E-state index >= 15 is 0 Å². The van der Waals surface area contributed by atoms with Gasteiger partial charge in [-0.3, -0.25) is 15.0 Å². The van der Waals surface area contributed by atoms with E-state index in [1.165, 1.54) is 18.2 Å². The molecule has 0 aromatic heterocycles. The van der Waals surface area contributed by atoms with Crippen molar-refractivity contribution in [3.8, 4) is 5.75 Å². The molecule has 1 heterocycles. The van der Waals surface area contributed by atoms with Crippen LogP contribution in [-0.4, -0.2) is 60.8 Å². The van der Waals surface area contributed by atoms with Crippen LogP contribution >= 0.6 is 0 Å². The first kappa shape index (κ1) is 19.1. The molecule has 1 fully saturated rings. The van der Waals surface area contributed by atoms with Gasteiger partial charge >= 0.3 is 11.7 Å². The minimum Gasteiger partial charge on any atom is -0.485 e. The van der Waals surface area contributed by atoms with E-state index in [4.69, 9.17) is 14.2 Å². The van der Waals surface area contributed by atoms with E-state index < -0.39 is 16.5 Å². The number of nitro groups is 1. The monoisotopic (exact) mass is 352 g/mol. The van der Waals surface area contributed by atoms with Crippen molar-refractivity contribution in [1.29, 1.82) is 0 Å². The topological polar surface area (TPSA) is 91.1 Å². The normalized spacial score (nSPS) is 15.6. The summed E-state index contributed by atoms with van der Waals surface area (Å²) in [5.74, 6) is -0.457. The van der Waals surface area contributed by atoms with Crippen LogP contribution in [0.5, 0.6) is 5.75 Å². The zero-order valence-corrected chi connectivity index (χ0v) is 14.8. The lowest BCUT2D eigenvalue weighted by molar-refractivity contribution is -0.385. The maximum atomic E-state index is 12.1. The number of hydrogen-bond donors (Lipinski definition) is 0. The third kappa shape index (κ3) is 5.99. The molecule has 0 aliphatic carbocycles. The van der Waals surface area contributed by atoms with E-state index in [0.717, 1.165) is 13.1 Å². The summed E-state index contributed by atoms with van der Waals surface area (Å²) < 4.78 is 16.1. The maximum Gasteiger partial charge on any atom is 0.338 e. The number of ether oxygens (including phenoxy) is 3. The molecular weight excluding hydrogens is 328 g/mol. The molecule has 0 radical (unpaired) electrons. The molecule has 0 unspecified atom stereocenters. The fourth-order valence-corrected chi connectivity index (χ4v) is 2.36. The number of carbonyl (C=O) groups excluding carboxylic acids is 1. The van der Waals surface area contributed by atoms with Crippen molar-refractivity contribution >= 4 is 11.7 Å². The van der Waals surface area contributed by atoms with Crippen molar-refractivity contribution in [3.63, 3.8) is 0 Å². The van der Waals surface area contributed by atoms with Crippen molar-refractivity contribution in [1.82, 2.24) is 4.90 Å². The van der Waals surface area contributed by atoms with Crippen LogP contribution in [0.25, 0.3) is 0 Å². The van der Waals surface area contributed by atoms with Gasteiger partial charge in [-0.1, -0.05) is 0 Å². The highest BCUT2D eigenvalue weighted by Crippen LogP contribution is 2.28. The van der Waals surface area contributed by atoms with E-state index in [2.05, 4.69) is 4.90 Å². The first-order valence-electron chi connectivity index (χ1n) is 8.21. The fourth-order valence-electron chi connectivity index (χ4n) is 2.36. The summed E-state index contributed by atoms with van der Waals surface area (Å²) in [6.45, 7) is 9.22. The van der Waals surface area contributed by atoms with E-state index in [0.29, 0.717) is 26.4 Å². The van der Waals surface area contributed by atoms with Crippen LogP contribution in [0.2, 0.25) is 0 Å². The molecule has 1 aromatic rings. The van der Waals surface area contributed by atoms with E-state index in [1.54, 1.807) is 20.8 Å². The molecule has 0 bridgehead atoms. The SMILES string of the molecule is CC(C)(C)OC(=O)c1ccc(OCCN2CCOCC2)c([N+](=O)[O-])c1.